The third-order valence-corrected chi connectivity index (χ3v) is 3.54. The van der Waals surface area contributed by atoms with Crippen molar-refractivity contribution in [1.82, 2.24) is 14.9 Å². The summed E-state index contributed by atoms with van der Waals surface area (Å²) in [6.07, 6.45) is 3.36. The Morgan fingerprint density at radius 3 is 2.41 bits per heavy atom. The van der Waals surface area contributed by atoms with Crippen LogP contribution in [0.3, 0.4) is 0 Å². The van der Waals surface area contributed by atoms with Crippen LogP contribution in [0.2, 0.25) is 0 Å². The fourth-order valence-corrected chi connectivity index (χ4v) is 2.18. The van der Waals surface area contributed by atoms with Gasteiger partial charge in [0.15, 0.2) is 0 Å². The molecule has 0 saturated carbocycles. The molecule has 22 heavy (non-hydrogen) atoms. The minimum atomic E-state index is -0.406. The Labute approximate surface area is 132 Å². The van der Waals surface area contributed by atoms with Crippen LogP contribution in [0.1, 0.15) is 32.0 Å². The van der Waals surface area contributed by atoms with Gasteiger partial charge in [-0.1, -0.05) is 32.5 Å². The fourth-order valence-electron chi connectivity index (χ4n) is 1.75. The maximum Gasteiger partial charge on any atom is 0.297 e. The molecule has 116 valence electrons. The highest BCUT2D eigenvalue weighted by Crippen LogP contribution is 2.17. The highest BCUT2D eigenvalue weighted by molar-refractivity contribution is 7.98. The van der Waals surface area contributed by atoms with E-state index in [9.17, 15) is 9.90 Å². The monoisotopic (exact) mass is 318 g/mol. The molecule has 0 saturated heterocycles. The molecule has 2 rings (SSSR count). The highest BCUT2D eigenvalue weighted by Gasteiger charge is 2.23. The van der Waals surface area contributed by atoms with E-state index in [4.69, 9.17) is 0 Å². The molecule has 0 amide bonds. The predicted octanol–water partition coefficient (Wildman–Crippen LogP) is 2.25. The summed E-state index contributed by atoms with van der Waals surface area (Å²) in [6, 6.07) is 6.54. The number of phenols is 1. The number of benzene rings is 1. The van der Waals surface area contributed by atoms with E-state index in [1.807, 2.05) is 27.0 Å². The topological polar surface area (TPSA) is 80.4 Å². The maximum atomic E-state index is 12.6. The summed E-state index contributed by atoms with van der Waals surface area (Å²) in [5.41, 5.74) is 0.456. The summed E-state index contributed by atoms with van der Waals surface area (Å²) in [6.45, 7) is 5.72. The maximum absolute atomic E-state index is 12.6. The van der Waals surface area contributed by atoms with Crippen molar-refractivity contribution in [3.05, 3.63) is 45.9 Å². The van der Waals surface area contributed by atoms with Crippen molar-refractivity contribution in [2.75, 3.05) is 6.26 Å². The third-order valence-electron chi connectivity index (χ3n) is 2.92. The average molecular weight is 318 g/mol. The lowest BCUT2D eigenvalue weighted by atomic mass is 9.93. The second-order valence-corrected chi connectivity index (χ2v) is 6.51. The van der Waals surface area contributed by atoms with E-state index in [0.717, 1.165) is 5.56 Å². The van der Waals surface area contributed by atoms with Crippen molar-refractivity contribution in [2.24, 2.45) is 5.10 Å². The van der Waals surface area contributed by atoms with Crippen molar-refractivity contribution in [3.8, 4) is 5.75 Å². The van der Waals surface area contributed by atoms with Gasteiger partial charge in [-0.05, 0) is 36.1 Å². The van der Waals surface area contributed by atoms with Gasteiger partial charge in [0.05, 0.1) is 6.21 Å². The molecule has 0 aliphatic heterocycles. The zero-order valence-corrected chi connectivity index (χ0v) is 13.8. The molecule has 0 unspecified atom stereocenters. The molecule has 1 N–H and O–H groups in total. The summed E-state index contributed by atoms with van der Waals surface area (Å²) < 4.78 is 1.26. The van der Waals surface area contributed by atoms with E-state index in [1.54, 1.807) is 30.5 Å². The Bertz CT molecular complexity index is 746. The minimum absolute atomic E-state index is 0.180. The first-order chi connectivity index (χ1) is 10.3. The molecule has 0 fully saturated rings. The van der Waals surface area contributed by atoms with Gasteiger partial charge < -0.3 is 5.11 Å². The summed E-state index contributed by atoms with van der Waals surface area (Å²) in [5, 5.41) is 22.0. The molecule has 0 spiro atoms. The van der Waals surface area contributed by atoms with Crippen LogP contribution in [-0.4, -0.2) is 32.5 Å². The van der Waals surface area contributed by atoms with E-state index in [2.05, 4.69) is 15.3 Å². The standard InChI is InChI=1S/C15H18N4O2S/c1-15(2,3)12-13(21)19(14(22-4)18-17-12)16-9-10-5-7-11(20)8-6-10/h5-9,20H,1-4H3/b16-9+. The molecule has 2 aromatic rings. The molecular formula is C15H18N4O2S. The molecule has 0 aliphatic rings. The molecule has 1 heterocycles. The molecule has 7 heteroatoms. The van der Waals surface area contributed by atoms with Crippen LogP contribution in [0, 0.1) is 0 Å². The Kier molecular flexibility index (Phi) is 4.65. The van der Waals surface area contributed by atoms with Gasteiger partial charge in [0.25, 0.3) is 5.56 Å². The van der Waals surface area contributed by atoms with Crippen LogP contribution in [-0.2, 0) is 5.41 Å². The molecular weight excluding hydrogens is 300 g/mol. The lowest BCUT2D eigenvalue weighted by Crippen LogP contribution is -2.32. The van der Waals surface area contributed by atoms with Crippen molar-refractivity contribution in [2.45, 2.75) is 31.3 Å². The van der Waals surface area contributed by atoms with Gasteiger partial charge in [-0.2, -0.15) is 9.78 Å². The zero-order valence-electron chi connectivity index (χ0n) is 12.9. The molecule has 6 nitrogen and oxygen atoms in total. The Hall–Kier alpha value is -2.15. The van der Waals surface area contributed by atoms with Gasteiger partial charge in [0.1, 0.15) is 11.4 Å². The highest BCUT2D eigenvalue weighted by atomic mass is 32.2. The van der Waals surface area contributed by atoms with E-state index in [-0.39, 0.29) is 11.3 Å². The summed E-state index contributed by atoms with van der Waals surface area (Å²) in [7, 11) is 0. The van der Waals surface area contributed by atoms with E-state index >= 15 is 0 Å². The molecule has 1 aromatic heterocycles. The predicted molar refractivity (Wildman–Crippen MR) is 87.9 cm³/mol. The second-order valence-electron chi connectivity index (χ2n) is 5.74. The number of aromatic nitrogens is 3. The van der Waals surface area contributed by atoms with Gasteiger partial charge in [0.2, 0.25) is 5.16 Å². The van der Waals surface area contributed by atoms with E-state index < -0.39 is 5.41 Å². The number of phenolic OH excluding ortho intramolecular Hbond substituents is 1. The Morgan fingerprint density at radius 1 is 1.23 bits per heavy atom. The fraction of sp³-hybridized carbons (Fsp3) is 0.333. The van der Waals surface area contributed by atoms with Crippen LogP contribution in [0.15, 0.2) is 39.3 Å². The minimum Gasteiger partial charge on any atom is -0.508 e. The summed E-state index contributed by atoms with van der Waals surface area (Å²) in [5.74, 6) is 0.180. The number of aromatic hydroxyl groups is 1. The van der Waals surface area contributed by atoms with E-state index in [0.29, 0.717) is 10.9 Å². The van der Waals surface area contributed by atoms with Gasteiger partial charge in [-0.15, -0.1) is 10.2 Å². The largest absolute Gasteiger partial charge is 0.508 e. The number of rotatable bonds is 3. The molecule has 1 aromatic carbocycles. The van der Waals surface area contributed by atoms with Gasteiger partial charge in [0, 0.05) is 5.41 Å². The van der Waals surface area contributed by atoms with E-state index in [1.165, 1.54) is 16.4 Å². The average Bonchev–Trinajstić information content (AvgIpc) is 2.46. The first kappa shape index (κ1) is 16.2. The third kappa shape index (κ3) is 3.54. The van der Waals surface area contributed by atoms with Gasteiger partial charge >= 0.3 is 0 Å². The van der Waals surface area contributed by atoms with Crippen LogP contribution in [0.5, 0.6) is 5.75 Å². The lowest BCUT2D eigenvalue weighted by molar-refractivity contribution is 0.475. The molecule has 0 radical (unpaired) electrons. The van der Waals surface area contributed by atoms with Crippen LogP contribution in [0.25, 0.3) is 0 Å². The first-order valence-electron chi connectivity index (χ1n) is 6.70. The van der Waals surface area contributed by atoms with Crippen molar-refractivity contribution in [1.29, 1.82) is 0 Å². The van der Waals surface area contributed by atoms with Crippen LogP contribution >= 0.6 is 11.8 Å². The number of nitrogens with zero attached hydrogens (tertiary/aromatic N) is 4. The molecule has 0 aliphatic carbocycles. The second kappa shape index (κ2) is 6.31. The Balaban J connectivity index is 2.49. The molecule has 0 bridgehead atoms. The van der Waals surface area contributed by atoms with Crippen molar-refractivity contribution < 1.29 is 5.11 Å². The van der Waals surface area contributed by atoms with Crippen molar-refractivity contribution in [3.63, 3.8) is 0 Å². The molecule has 0 atom stereocenters. The SMILES string of the molecule is CSc1nnc(C(C)(C)C)c(=O)n1/N=C/c1ccc(O)cc1. The van der Waals surface area contributed by atoms with Crippen LogP contribution in [0.4, 0.5) is 0 Å². The zero-order chi connectivity index (χ0) is 16.3. The van der Waals surface area contributed by atoms with Crippen molar-refractivity contribution >= 4 is 18.0 Å². The Morgan fingerprint density at radius 2 is 1.86 bits per heavy atom. The normalized spacial score (nSPS) is 12.0. The van der Waals surface area contributed by atoms with Gasteiger partial charge in [-0.25, -0.2) is 0 Å². The smallest absolute Gasteiger partial charge is 0.297 e. The quantitative estimate of drug-likeness (QED) is 0.693. The number of hydrogen-bond acceptors (Lipinski definition) is 6. The summed E-state index contributed by atoms with van der Waals surface area (Å²) in [4.78, 5) is 12.6. The van der Waals surface area contributed by atoms with Gasteiger partial charge in [-0.3, -0.25) is 4.79 Å². The number of thioether (sulfide) groups is 1. The van der Waals surface area contributed by atoms with Crippen LogP contribution < -0.4 is 5.56 Å². The lowest BCUT2D eigenvalue weighted by Gasteiger charge is -2.16. The number of hydrogen-bond donors (Lipinski definition) is 1. The first-order valence-corrected chi connectivity index (χ1v) is 7.93. The summed E-state index contributed by atoms with van der Waals surface area (Å²) >= 11 is 1.30.